The lowest BCUT2D eigenvalue weighted by Gasteiger charge is -2.26. The SMILES string of the molecule is COCCn1c(SCC(=O)N[C@@H]2CCCc3ccccc32)nc2sc(C)c(C)c2c1=O. The van der Waals surface area contributed by atoms with Gasteiger partial charge in [-0.1, -0.05) is 36.0 Å². The molecule has 1 N–H and O–H groups in total. The summed E-state index contributed by atoms with van der Waals surface area (Å²) in [5.41, 5.74) is 3.45. The molecule has 0 saturated carbocycles. The van der Waals surface area contributed by atoms with Crippen molar-refractivity contribution in [1.82, 2.24) is 14.9 Å². The second-order valence-electron chi connectivity index (χ2n) is 7.81. The first-order valence-electron chi connectivity index (χ1n) is 10.5. The number of methoxy groups -OCH3 is 1. The van der Waals surface area contributed by atoms with Crippen LogP contribution in [0.3, 0.4) is 0 Å². The van der Waals surface area contributed by atoms with E-state index in [0.717, 1.165) is 34.5 Å². The number of carbonyl (C=O) groups is 1. The molecule has 1 atom stereocenters. The summed E-state index contributed by atoms with van der Waals surface area (Å²) < 4.78 is 6.83. The number of benzene rings is 1. The van der Waals surface area contributed by atoms with Gasteiger partial charge in [0.25, 0.3) is 5.56 Å². The van der Waals surface area contributed by atoms with E-state index >= 15 is 0 Å². The Hall–Kier alpha value is -2.16. The van der Waals surface area contributed by atoms with Crippen LogP contribution in [0, 0.1) is 13.8 Å². The minimum Gasteiger partial charge on any atom is -0.383 e. The number of carbonyl (C=O) groups excluding carboxylic acids is 1. The molecule has 0 spiro atoms. The number of hydrogen-bond acceptors (Lipinski definition) is 6. The van der Waals surface area contributed by atoms with Crippen LogP contribution in [0.15, 0.2) is 34.2 Å². The first-order valence-corrected chi connectivity index (χ1v) is 12.3. The molecule has 2 aromatic heterocycles. The molecule has 0 aliphatic heterocycles. The normalized spacial score (nSPS) is 15.8. The number of aryl methyl sites for hydroxylation is 3. The molecule has 0 unspecified atom stereocenters. The van der Waals surface area contributed by atoms with Gasteiger partial charge in [0.15, 0.2) is 5.16 Å². The van der Waals surface area contributed by atoms with E-state index in [-0.39, 0.29) is 23.3 Å². The van der Waals surface area contributed by atoms with Crippen LogP contribution < -0.4 is 10.9 Å². The van der Waals surface area contributed by atoms with Gasteiger partial charge < -0.3 is 10.1 Å². The number of nitrogens with one attached hydrogen (secondary N) is 1. The molecule has 4 rings (SSSR count). The third kappa shape index (κ3) is 4.56. The van der Waals surface area contributed by atoms with Gasteiger partial charge >= 0.3 is 0 Å². The smallest absolute Gasteiger partial charge is 0.263 e. The average molecular weight is 458 g/mol. The van der Waals surface area contributed by atoms with Gasteiger partial charge in [-0.2, -0.15) is 0 Å². The van der Waals surface area contributed by atoms with Gasteiger partial charge in [-0.05, 0) is 49.8 Å². The van der Waals surface area contributed by atoms with Crippen LogP contribution in [0.1, 0.15) is 40.5 Å². The van der Waals surface area contributed by atoms with E-state index in [0.29, 0.717) is 23.7 Å². The molecule has 0 bridgehead atoms. The predicted molar refractivity (Wildman–Crippen MR) is 126 cm³/mol. The molecule has 0 fully saturated rings. The highest BCUT2D eigenvalue weighted by Crippen LogP contribution is 2.30. The van der Waals surface area contributed by atoms with Crippen molar-refractivity contribution in [3.8, 4) is 0 Å². The lowest BCUT2D eigenvalue weighted by atomic mass is 9.88. The van der Waals surface area contributed by atoms with Crippen molar-refractivity contribution in [3.05, 3.63) is 56.2 Å². The van der Waals surface area contributed by atoms with E-state index in [1.165, 1.54) is 34.2 Å². The molecule has 1 aromatic carbocycles. The summed E-state index contributed by atoms with van der Waals surface area (Å²) in [6, 6.07) is 8.37. The second kappa shape index (κ2) is 9.54. The molecule has 3 aromatic rings. The number of hydrogen-bond donors (Lipinski definition) is 1. The maximum absolute atomic E-state index is 13.1. The van der Waals surface area contributed by atoms with Gasteiger partial charge in [-0.25, -0.2) is 4.98 Å². The lowest BCUT2D eigenvalue weighted by Crippen LogP contribution is -2.32. The van der Waals surface area contributed by atoms with Crippen molar-refractivity contribution >= 4 is 39.2 Å². The van der Waals surface area contributed by atoms with E-state index < -0.39 is 0 Å². The standard InChI is InChI=1S/C23H27N3O3S2/c1-14-15(2)31-21-20(14)22(28)26(11-12-29-3)23(25-21)30-13-19(27)24-18-10-6-8-16-7-4-5-9-17(16)18/h4-5,7,9,18H,6,8,10-13H2,1-3H3,(H,24,27)/t18-/m1/s1. The Morgan fingerprint density at radius 1 is 1.35 bits per heavy atom. The van der Waals surface area contributed by atoms with Gasteiger partial charge in [0.05, 0.1) is 30.3 Å². The highest BCUT2D eigenvalue weighted by atomic mass is 32.2. The first kappa shape index (κ1) is 22.0. The largest absolute Gasteiger partial charge is 0.383 e. The number of rotatable bonds is 7. The summed E-state index contributed by atoms with van der Waals surface area (Å²) in [6.07, 6.45) is 3.08. The molecule has 1 aliphatic rings. The number of amides is 1. The minimum atomic E-state index is -0.0620. The zero-order valence-corrected chi connectivity index (χ0v) is 19.7. The quantitative estimate of drug-likeness (QED) is 0.429. The number of nitrogens with zero attached hydrogens (tertiary/aromatic N) is 2. The Balaban J connectivity index is 1.53. The molecule has 1 amide bonds. The fourth-order valence-corrected chi connectivity index (χ4v) is 5.98. The van der Waals surface area contributed by atoms with Crippen molar-refractivity contribution in [1.29, 1.82) is 0 Å². The molecule has 31 heavy (non-hydrogen) atoms. The minimum absolute atomic E-state index is 0.0436. The van der Waals surface area contributed by atoms with Crippen LogP contribution in [0.2, 0.25) is 0 Å². The first-order chi connectivity index (χ1) is 15.0. The topological polar surface area (TPSA) is 73.2 Å². The maximum atomic E-state index is 13.1. The van der Waals surface area contributed by atoms with E-state index in [1.54, 1.807) is 11.7 Å². The van der Waals surface area contributed by atoms with Crippen LogP contribution >= 0.6 is 23.1 Å². The molecule has 8 heteroatoms. The van der Waals surface area contributed by atoms with Gasteiger partial charge in [0.2, 0.25) is 5.91 Å². The molecule has 0 radical (unpaired) electrons. The van der Waals surface area contributed by atoms with Gasteiger partial charge in [-0.15, -0.1) is 11.3 Å². The Morgan fingerprint density at radius 3 is 2.97 bits per heavy atom. The van der Waals surface area contributed by atoms with Crippen LogP contribution in [-0.2, 0) is 22.5 Å². The van der Waals surface area contributed by atoms with Crippen LogP contribution in [0.25, 0.3) is 10.2 Å². The van der Waals surface area contributed by atoms with Crippen molar-refractivity contribution < 1.29 is 9.53 Å². The number of ether oxygens (including phenoxy) is 1. The van der Waals surface area contributed by atoms with Crippen LogP contribution in [0.5, 0.6) is 0 Å². The highest BCUT2D eigenvalue weighted by molar-refractivity contribution is 7.99. The molecular weight excluding hydrogens is 430 g/mol. The third-order valence-corrected chi connectivity index (χ3v) is 7.89. The van der Waals surface area contributed by atoms with E-state index in [9.17, 15) is 9.59 Å². The second-order valence-corrected chi connectivity index (χ2v) is 9.95. The van der Waals surface area contributed by atoms with E-state index in [2.05, 4.69) is 17.4 Å². The Labute approximate surface area is 190 Å². The molecular formula is C23H27N3O3S2. The summed E-state index contributed by atoms with van der Waals surface area (Å²) in [6.45, 7) is 4.78. The van der Waals surface area contributed by atoms with Crippen molar-refractivity contribution in [2.75, 3.05) is 19.5 Å². The zero-order chi connectivity index (χ0) is 22.0. The average Bonchev–Trinajstić information content (AvgIpc) is 3.05. The fourth-order valence-electron chi connectivity index (χ4n) is 4.07. The molecule has 164 valence electrons. The van der Waals surface area contributed by atoms with Crippen molar-refractivity contribution in [2.24, 2.45) is 0 Å². The Bertz CT molecular complexity index is 1170. The number of fused-ring (bicyclic) bond motifs is 2. The van der Waals surface area contributed by atoms with Crippen LogP contribution in [0.4, 0.5) is 0 Å². The lowest BCUT2D eigenvalue weighted by molar-refractivity contribution is -0.119. The summed E-state index contributed by atoms with van der Waals surface area (Å²) >= 11 is 2.84. The highest BCUT2D eigenvalue weighted by Gasteiger charge is 2.22. The summed E-state index contributed by atoms with van der Waals surface area (Å²) in [4.78, 5) is 32.5. The molecule has 1 aliphatic carbocycles. The Morgan fingerprint density at radius 2 is 2.16 bits per heavy atom. The number of aromatic nitrogens is 2. The van der Waals surface area contributed by atoms with Crippen molar-refractivity contribution in [2.45, 2.75) is 50.9 Å². The van der Waals surface area contributed by atoms with Crippen LogP contribution in [-0.4, -0.2) is 34.9 Å². The summed E-state index contributed by atoms with van der Waals surface area (Å²) in [5, 5.41) is 4.41. The third-order valence-electron chi connectivity index (χ3n) is 5.81. The van der Waals surface area contributed by atoms with Gasteiger partial charge in [-0.3, -0.25) is 14.2 Å². The Kier molecular flexibility index (Phi) is 6.79. The van der Waals surface area contributed by atoms with E-state index in [1.807, 2.05) is 26.0 Å². The number of thiophene rings is 1. The fraction of sp³-hybridized carbons (Fsp3) is 0.435. The summed E-state index contributed by atoms with van der Waals surface area (Å²) in [7, 11) is 1.61. The predicted octanol–water partition coefficient (Wildman–Crippen LogP) is 4.01. The van der Waals surface area contributed by atoms with Gasteiger partial charge in [0.1, 0.15) is 4.83 Å². The van der Waals surface area contributed by atoms with Crippen molar-refractivity contribution in [3.63, 3.8) is 0 Å². The summed E-state index contributed by atoms with van der Waals surface area (Å²) in [5.74, 6) is 0.172. The van der Waals surface area contributed by atoms with E-state index in [4.69, 9.17) is 9.72 Å². The molecule has 2 heterocycles. The maximum Gasteiger partial charge on any atom is 0.263 e. The zero-order valence-electron chi connectivity index (χ0n) is 18.1. The number of thioether (sulfide) groups is 1. The monoisotopic (exact) mass is 457 g/mol. The molecule has 0 saturated heterocycles. The van der Waals surface area contributed by atoms with Gasteiger partial charge in [0, 0.05) is 12.0 Å². The molecule has 6 nitrogen and oxygen atoms in total.